The highest BCUT2D eigenvalue weighted by Gasteiger charge is 2.14. The molecule has 3 rings (SSSR count). The summed E-state index contributed by atoms with van der Waals surface area (Å²) in [6.07, 6.45) is 0. The van der Waals surface area contributed by atoms with Gasteiger partial charge < -0.3 is 14.5 Å². The molecule has 0 fully saturated rings. The molecule has 0 amide bonds. The maximum Gasteiger partial charge on any atom is 0.339 e. The molecule has 2 aromatic heterocycles. The second-order valence-electron chi connectivity index (χ2n) is 4.34. The number of furan rings is 1. The van der Waals surface area contributed by atoms with E-state index < -0.39 is 5.97 Å². The van der Waals surface area contributed by atoms with Crippen molar-refractivity contribution in [1.29, 1.82) is 0 Å². The third-order valence-electron chi connectivity index (χ3n) is 2.92. The number of hydrogen-bond donors (Lipinski definition) is 2. The molecule has 0 spiro atoms. The quantitative estimate of drug-likeness (QED) is 0.719. The summed E-state index contributed by atoms with van der Waals surface area (Å²) in [6.45, 7) is 1.65. The van der Waals surface area contributed by atoms with Gasteiger partial charge in [0.2, 0.25) is 0 Å². The summed E-state index contributed by atoms with van der Waals surface area (Å²) in [5.41, 5.74) is 2.11. The van der Waals surface area contributed by atoms with Crippen LogP contribution < -0.4 is 0 Å². The molecule has 2 heterocycles. The van der Waals surface area contributed by atoms with Gasteiger partial charge in [0.1, 0.15) is 17.1 Å². The van der Waals surface area contributed by atoms with Crippen LogP contribution in [0.2, 0.25) is 0 Å². The van der Waals surface area contributed by atoms with Crippen molar-refractivity contribution in [2.24, 2.45) is 0 Å². The predicted molar refractivity (Wildman–Crippen MR) is 76.1 cm³/mol. The Morgan fingerprint density at radius 2 is 2.25 bits per heavy atom. The number of benzene rings is 1. The lowest BCUT2D eigenvalue weighted by Gasteiger charge is -1.93. The summed E-state index contributed by atoms with van der Waals surface area (Å²) in [5, 5.41) is 9.76. The number of fused-ring (bicyclic) bond motifs is 1. The number of hydrogen-bond acceptors (Lipinski definition) is 4. The third-order valence-corrected chi connectivity index (χ3v) is 3.81. The Morgan fingerprint density at radius 3 is 2.95 bits per heavy atom. The van der Waals surface area contributed by atoms with Crippen LogP contribution >= 0.6 is 11.8 Å². The van der Waals surface area contributed by atoms with Gasteiger partial charge in [-0.2, -0.15) is 0 Å². The first kappa shape index (κ1) is 12.8. The molecule has 0 saturated carbocycles. The molecule has 102 valence electrons. The molecule has 0 saturated heterocycles. The molecule has 20 heavy (non-hydrogen) atoms. The first-order valence-electron chi connectivity index (χ1n) is 6.03. The lowest BCUT2D eigenvalue weighted by Crippen LogP contribution is -1.94. The van der Waals surface area contributed by atoms with Crippen molar-refractivity contribution in [2.75, 3.05) is 0 Å². The molecule has 2 N–H and O–H groups in total. The Hall–Kier alpha value is -2.21. The minimum atomic E-state index is -0.966. The van der Waals surface area contributed by atoms with Crippen LogP contribution in [0.4, 0.5) is 0 Å². The van der Waals surface area contributed by atoms with Crippen molar-refractivity contribution in [3.8, 4) is 0 Å². The van der Waals surface area contributed by atoms with Crippen molar-refractivity contribution in [2.45, 2.75) is 17.8 Å². The Morgan fingerprint density at radius 1 is 1.45 bits per heavy atom. The minimum Gasteiger partial charge on any atom is -0.478 e. The molecule has 0 aliphatic rings. The smallest absolute Gasteiger partial charge is 0.339 e. The van der Waals surface area contributed by atoms with Crippen LogP contribution in [0.5, 0.6) is 0 Å². The average Bonchev–Trinajstić information content (AvgIpc) is 2.99. The maximum atomic E-state index is 10.9. The predicted octanol–water partition coefficient (Wildman–Crippen LogP) is 3.45. The number of thioether (sulfide) groups is 1. The molecule has 1 aromatic carbocycles. The van der Waals surface area contributed by atoms with Crippen molar-refractivity contribution in [3.63, 3.8) is 0 Å². The van der Waals surface area contributed by atoms with Gasteiger partial charge in [0.25, 0.3) is 0 Å². The maximum absolute atomic E-state index is 10.9. The SMILES string of the molecule is Cc1oc(CSc2nc3ccccc3[nH]2)cc1C(=O)O. The number of aromatic amines is 1. The summed E-state index contributed by atoms with van der Waals surface area (Å²) in [5.74, 6) is 0.628. The number of H-pyrrole nitrogens is 1. The van der Waals surface area contributed by atoms with Gasteiger partial charge in [0, 0.05) is 0 Å². The monoisotopic (exact) mass is 288 g/mol. The number of rotatable bonds is 4. The van der Waals surface area contributed by atoms with Crippen LogP contribution in [-0.2, 0) is 5.75 Å². The lowest BCUT2D eigenvalue weighted by molar-refractivity contribution is 0.0695. The number of nitrogens with one attached hydrogen (secondary N) is 1. The topological polar surface area (TPSA) is 79.1 Å². The van der Waals surface area contributed by atoms with E-state index in [1.807, 2.05) is 24.3 Å². The number of carbonyl (C=O) groups is 1. The highest BCUT2D eigenvalue weighted by molar-refractivity contribution is 7.98. The van der Waals surface area contributed by atoms with E-state index in [1.165, 1.54) is 11.8 Å². The molecule has 0 atom stereocenters. The number of imidazole rings is 1. The van der Waals surface area contributed by atoms with Crippen LogP contribution in [0.25, 0.3) is 11.0 Å². The molecule has 3 aromatic rings. The molecule has 0 aliphatic carbocycles. The molecule has 5 nitrogen and oxygen atoms in total. The summed E-state index contributed by atoms with van der Waals surface area (Å²) >= 11 is 1.48. The van der Waals surface area contributed by atoms with Gasteiger partial charge in [0.15, 0.2) is 5.16 Å². The summed E-state index contributed by atoms with van der Waals surface area (Å²) < 4.78 is 5.43. The standard InChI is InChI=1S/C14H12N2O3S/c1-8-10(13(17)18)6-9(19-8)7-20-14-15-11-4-2-3-5-12(11)16-14/h2-6H,7H2,1H3,(H,15,16)(H,17,18). The highest BCUT2D eigenvalue weighted by Crippen LogP contribution is 2.25. The van der Waals surface area contributed by atoms with E-state index in [4.69, 9.17) is 9.52 Å². The molecule has 0 bridgehead atoms. The molecular weight excluding hydrogens is 276 g/mol. The third kappa shape index (κ3) is 2.42. The van der Waals surface area contributed by atoms with E-state index in [-0.39, 0.29) is 5.56 Å². The van der Waals surface area contributed by atoms with Gasteiger partial charge in [-0.1, -0.05) is 23.9 Å². The fraction of sp³-hybridized carbons (Fsp3) is 0.143. The molecule has 0 radical (unpaired) electrons. The van der Waals surface area contributed by atoms with Gasteiger partial charge in [-0.15, -0.1) is 0 Å². The van der Waals surface area contributed by atoms with Crippen LogP contribution in [-0.4, -0.2) is 21.0 Å². The first-order valence-corrected chi connectivity index (χ1v) is 7.02. The van der Waals surface area contributed by atoms with Crippen LogP contribution in [0.1, 0.15) is 21.9 Å². The van der Waals surface area contributed by atoms with Crippen LogP contribution in [0.15, 0.2) is 39.9 Å². The van der Waals surface area contributed by atoms with Crippen LogP contribution in [0, 0.1) is 6.92 Å². The number of para-hydroxylation sites is 2. The Kier molecular flexibility index (Phi) is 3.23. The number of nitrogens with zero attached hydrogens (tertiary/aromatic N) is 1. The van der Waals surface area contributed by atoms with Crippen molar-refractivity contribution < 1.29 is 14.3 Å². The Balaban J connectivity index is 1.76. The Labute approximate surface area is 119 Å². The molecule has 0 unspecified atom stereocenters. The minimum absolute atomic E-state index is 0.213. The zero-order valence-electron chi connectivity index (χ0n) is 10.7. The summed E-state index contributed by atoms with van der Waals surface area (Å²) in [6, 6.07) is 9.35. The number of carboxylic acid groups (broad SMARTS) is 1. The lowest BCUT2D eigenvalue weighted by atomic mass is 10.2. The number of carboxylic acids is 1. The zero-order chi connectivity index (χ0) is 14.1. The molecule has 6 heteroatoms. The van der Waals surface area contributed by atoms with Gasteiger partial charge in [-0.3, -0.25) is 0 Å². The average molecular weight is 288 g/mol. The van der Waals surface area contributed by atoms with E-state index in [1.54, 1.807) is 13.0 Å². The largest absolute Gasteiger partial charge is 0.478 e. The van der Waals surface area contributed by atoms with Gasteiger partial charge in [-0.25, -0.2) is 9.78 Å². The van der Waals surface area contributed by atoms with Crippen molar-refractivity contribution in [1.82, 2.24) is 9.97 Å². The first-order chi connectivity index (χ1) is 9.63. The number of aryl methyl sites for hydroxylation is 1. The van der Waals surface area contributed by atoms with Gasteiger partial charge in [-0.05, 0) is 25.1 Å². The fourth-order valence-electron chi connectivity index (χ4n) is 1.96. The molecule has 0 aliphatic heterocycles. The number of aromatic carboxylic acids is 1. The van der Waals surface area contributed by atoms with E-state index in [2.05, 4.69) is 9.97 Å². The fourth-order valence-corrected chi connectivity index (χ4v) is 2.73. The zero-order valence-corrected chi connectivity index (χ0v) is 11.5. The van der Waals surface area contributed by atoms with Crippen molar-refractivity contribution in [3.05, 3.63) is 47.4 Å². The highest BCUT2D eigenvalue weighted by atomic mass is 32.2. The number of aromatic nitrogens is 2. The van der Waals surface area contributed by atoms with Crippen LogP contribution in [0.3, 0.4) is 0 Å². The second kappa shape index (κ2) is 5.05. The van der Waals surface area contributed by atoms with Gasteiger partial charge in [0.05, 0.1) is 16.8 Å². The molecular formula is C14H12N2O3S. The van der Waals surface area contributed by atoms with E-state index in [0.717, 1.165) is 16.2 Å². The van der Waals surface area contributed by atoms with E-state index >= 15 is 0 Å². The summed E-state index contributed by atoms with van der Waals surface area (Å²) in [7, 11) is 0. The Bertz CT molecular complexity index is 743. The second-order valence-corrected chi connectivity index (χ2v) is 5.30. The van der Waals surface area contributed by atoms with Crippen molar-refractivity contribution >= 4 is 28.8 Å². The van der Waals surface area contributed by atoms with Gasteiger partial charge >= 0.3 is 5.97 Å². The summed E-state index contributed by atoms with van der Waals surface area (Å²) in [4.78, 5) is 18.6. The van der Waals surface area contributed by atoms with E-state index in [9.17, 15) is 4.79 Å². The normalized spacial score (nSPS) is 11.1. The van der Waals surface area contributed by atoms with E-state index in [0.29, 0.717) is 17.3 Å².